The van der Waals surface area contributed by atoms with Crippen molar-refractivity contribution in [3.63, 3.8) is 0 Å². The molecule has 2 saturated heterocycles. The maximum Gasteiger partial charge on any atom is 0.337 e. The topological polar surface area (TPSA) is 91.6 Å². The second-order valence-electron chi connectivity index (χ2n) is 11.9. The van der Waals surface area contributed by atoms with Crippen molar-refractivity contribution in [3.8, 4) is 5.88 Å². The fourth-order valence-corrected chi connectivity index (χ4v) is 6.48. The van der Waals surface area contributed by atoms with E-state index in [1.807, 2.05) is 42.5 Å². The maximum absolute atomic E-state index is 13.6. The van der Waals surface area contributed by atoms with Gasteiger partial charge in [0, 0.05) is 35.2 Å². The Hall–Kier alpha value is -4.41. The van der Waals surface area contributed by atoms with Gasteiger partial charge in [-0.3, -0.25) is 9.88 Å². The van der Waals surface area contributed by atoms with Crippen molar-refractivity contribution in [2.24, 2.45) is 0 Å². The minimum atomic E-state index is -0.355. The molecule has 9 nitrogen and oxygen atoms in total. The predicted molar refractivity (Wildman–Crippen MR) is 168 cm³/mol. The number of esters is 1. The highest BCUT2D eigenvalue weighted by molar-refractivity contribution is 5.93. The van der Waals surface area contributed by atoms with Crippen LogP contribution in [0.25, 0.3) is 21.9 Å². The number of aromatic nitrogens is 4. The van der Waals surface area contributed by atoms with Gasteiger partial charge in [0.1, 0.15) is 18.2 Å². The zero-order valence-electron chi connectivity index (χ0n) is 25.5. The van der Waals surface area contributed by atoms with Gasteiger partial charge in [-0.05, 0) is 69.6 Å². The first-order valence-corrected chi connectivity index (χ1v) is 15.5. The van der Waals surface area contributed by atoms with Gasteiger partial charge in [0.15, 0.2) is 0 Å². The molecule has 0 bridgehead atoms. The monoisotopic (exact) mass is 609 g/mol. The van der Waals surface area contributed by atoms with Crippen molar-refractivity contribution in [1.82, 2.24) is 24.4 Å². The lowest BCUT2D eigenvalue weighted by Crippen LogP contribution is -2.37. The first-order chi connectivity index (χ1) is 22.0. The highest BCUT2D eigenvalue weighted by atomic mass is 19.1. The van der Waals surface area contributed by atoms with Crippen molar-refractivity contribution in [3.05, 3.63) is 95.3 Å². The van der Waals surface area contributed by atoms with Crippen LogP contribution < -0.4 is 4.74 Å². The number of para-hydroxylation sites is 1. The van der Waals surface area contributed by atoms with E-state index in [2.05, 4.69) is 27.4 Å². The predicted octanol–water partition coefficient (Wildman–Crippen LogP) is 6.21. The number of piperidine rings is 1. The summed E-state index contributed by atoms with van der Waals surface area (Å²) in [6.07, 6.45) is 4.35. The Morgan fingerprint density at radius 3 is 2.67 bits per heavy atom. The number of likely N-dealkylation sites (tertiary alicyclic amines) is 1. The first kappa shape index (κ1) is 29.3. The number of hydrogen-bond donors (Lipinski definition) is 0. The fourth-order valence-electron chi connectivity index (χ4n) is 6.48. The summed E-state index contributed by atoms with van der Waals surface area (Å²) in [5.41, 5.74) is 4.96. The molecule has 2 atom stereocenters. The lowest BCUT2D eigenvalue weighted by atomic mass is 9.92. The van der Waals surface area contributed by atoms with Gasteiger partial charge in [-0.1, -0.05) is 24.3 Å². The highest BCUT2D eigenvalue weighted by Gasteiger charge is 2.30. The first-order valence-electron chi connectivity index (χ1n) is 15.5. The van der Waals surface area contributed by atoms with Gasteiger partial charge in [0.2, 0.25) is 5.88 Å². The lowest BCUT2D eigenvalue weighted by Gasteiger charge is -2.36. The number of hydrogen-bond acceptors (Lipinski definition) is 8. The summed E-state index contributed by atoms with van der Waals surface area (Å²) in [5.74, 6) is 1.17. The summed E-state index contributed by atoms with van der Waals surface area (Å²) in [6, 6.07) is 18.8. The van der Waals surface area contributed by atoms with Crippen molar-refractivity contribution >= 4 is 27.9 Å². The molecule has 1 unspecified atom stereocenters. The molecule has 10 heteroatoms. The number of methoxy groups -OCH3 is 1. The number of imidazole rings is 1. The number of rotatable bonds is 9. The van der Waals surface area contributed by atoms with Crippen molar-refractivity contribution < 1.29 is 23.4 Å². The Morgan fingerprint density at radius 2 is 1.89 bits per heavy atom. The van der Waals surface area contributed by atoms with Crippen LogP contribution in [-0.4, -0.2) is 63.3 Å². The summed E-state index contributed by atoms with van der Waals surface area (Å²) in [6.45, 7) is 5.83. The standard InChI is InChI=1S/C35H36FN5O4/c1-22(34-39-30-10-9-25(35(42)43-2)18-31(30)41(34)20-28-13-16-44-28)40-14-11-23(12-15-40)29-7-4-8-32(38-29)45-21-26-6-3-5-24-17-27(36)19-37-33(24)26/h3-10,17-19,22-23,28H,11-16,20-21H2,1-2H3/t22?,28-/m0/s1. The largest absolute Gasteiger partial charge is 0.473 e. The molecular weight excluding hydrogens is 573 g/mol. The van der Waals surface area contributed by atoms with E-state index in [9.17, 15) is 9.18 Å². The van der Waals surface area contributed by atoms with E-state index in [0.717, 1.165) is 78.0 Å². The molecule has 5 aromatic rings. The van der Waals surface area contributed by atoms with E-state index >= 15 is 0 Å². The molecule has 2 aromatic carbocycles. The summed E-state index contributed by atoms with van der Waals surface area (Å²) >= 11 is 0. The van der Waals surface area contributed by atoms with Gasteiger partial charge in [-0.2, -0.15) is 0 Å². The molecule has 0 saturated carbocycles. The third-order valence-electron chi connectivity index (χ3n) is 9.13. The van der Waals surface area contributed by atoms with Crippen LogP contribution in [0, 0.1) is 5.82 Å². The van der Waals surface area contributed by atoms with Gasteiger partial charge in [-0.15, -0.1) is 0 Å². The van der Waals surface area contributed by atoms with Crippen LogP contribution in [0.5, 0.6) is 5.88 Å². The van der Waals surface area contributed by atoms with E-state index in [1.165, 1.54) is 19.4 Å². The minimum Gasteiger partial charge on any atom is -0.473 e. The Labute approximate surface area is 261 Å². The molecule has 7 rings (SSSR count). The molecule has 0 aliphatic carbocycles. The van der Waals surface area contributed by atoms with Crippen LogP contribution >= 0.6 is 0 Å². The number of fused-ring (bicyclic) bond motifs is 2. The normalized spacial score (nSPS) is 18.2. The van der Waals surface area contributed by atoms with Crippen LogP contribution in [0.3, 0.4) is 0 Å². The Kier molecular flexibility index (Phi) is 8.16. The van der Waals surface area contributed by atoms with Crippen LogP contribution in [-0.2, 0) is 22.6 Å². The molecule has 2 fully saturated rings. The van der Waals surface area contributed by atoms with Crippen LogP contribution in [0.15, 0.2) is 66.9 Å². The molecule has 3 aromatic heterocycles. The van der Waals surface area contributed by atoms with E-state index in [4.69, 9.17) is 24.2 Å². The number of carbonyl (C=O) groups excluding carboxylic acids is 1. The summed E-state index contributed by atoms with van der Waals surface area (Å²) in [7, 11) is 1.40. The quantitative estimate of drug-likeness (QED) is 0.182. The molecule has 0 N–H and O–H groups in total. The molecule has 0 radical (unpaired) electrons. The van der Waals surface area contributed by atoms with Crippen molar-refractivity contribution in [2.45, 2.75) is 57.4 Å². The lowest BCUT2D eigenvalue weighted by molar-refractivity contribution is -0.0594. The second-order valence-corrected chi connectivity index (χ2v) is 11.9. The summed E-state index contributed by atoms with van der Waals surface area (Å²) in [5, 5.41) is 0.747. The zero-order valence-corrected chi connectivity index (χ0v) is 25.5. The molecule has 5 heterocycles. The summed E-state index contributed by atoms with van der Waals surface area (Å²) < 4.78 is 32.7. The van der Waals surface area contributed by atoms with Gasteiger partial charge in [0.25, 0.3) is 0 Å². The van der Waals surface area contributed by atoms with Crippen LogP contribution in [0.2, 0.25) is 0 Å². The van der Waals surface area contributed by atoms with Crippen LogP contribution in [0.1, 0.15) is 65.6 Å². The van der Waals surface area contributed by atoms with Gasteiger partial charge in [0.05, 0.1) is 54.1 Å². The molecule has 2 aliphatic heterocycles. The number of benzene rings is 2. The van der Waals surface area contributed by atoms with Gasteiger partial charge in [-0.25, -0.2) is 19.2 Å². The Bertz CT molecular complexity index is 1850. The van der Waals surface area contributed by atoms with E-state index in [-0.39, 0.29) is 23.9 Å². The molecule has 0 amide bonds. The number of pyridine rings is 2. The average molecular weight is 610 g/mol. The number of nitrogens with zero attached hydrogens (tertiary/aromatic N) is 5. The van der Waals surface area contributed by atoms with Crippen molar-refractivity contribution in [1.29, 1.82) is 0 Å². The third kappa shape index (κ3) is 6.00. The molecule has 232 valence electrons. The number of ether oxygens (including phenoxy) is 3. The SMILES string of the molecule is COC(=O)c1ccc2nc(C(C)N3CCC(c4cccc(OCc5cccc6cc(F)cnc56)n4)CC3)n(C[C@@H]3CCO3)c2c1. The summed E-state index contributed by atoms with van der Waals surface area (Å²) in [4.78, 5) is 28.9. The third-order valence-corrected chi connectivity index (χ3v) is 9.13. The number of carbonyl (C=O) groups is 1. The van der Waals surface area contributed by atoms with E-state index in [0.29, 0.717) is 30.5 Å². The van der Waals surface area contributed by atoms with Gasteiger partial charge < -0.3 is 18.8 Å². The second kappa shape index (κ2) is 12.5. The Morgan fingerprint density at radius 1 is 1.07 bits per heavy atom. The maximum atomic E-state index is 13.6. The van der Waals surface area contributed by atoms with E-state index < -0.39 is 0 Å². The smallest absolute Gasteiger partial charge is 0.337 e. The molecular formula is C35H36FN5O4. The number of halogens is 1. The average Bonchev–Trinajstić information content (AvgIpc) is 3.42. The van der Waals surface area contributed by atoms with Gasteiger partial charge >= 0.3 is 5.97 Å². The fraction of sp³-hybridized carbons (Fsp3) is 0.371. The minimum absolute atomic E-state index is 0.0883. The molecule has 0 spiro atoms. The van der Waals surface area contributed by atoms with E-state index in [1.54, 1.807) is 6.07 Å². The van der Waals surface area contributed by atoms with Crippen molar-refractivity contribution in [2.75, 3.05) is 26.8 Å². The van der Waals surface area contributed by atoms with Crippen LogP contribution in [0.4, 0.5) is 4.39 Å². The molecule has 2 aliphatic rings. The zero-order chi connectivity index (χ0) is 30.9. The Balaban J connectivity index is 1.04. The highest BCUT2D eigenvalue weighted by Crippen LogP contribution is 2.34. The molecule has 45 heavy (non-hydrogen) atoms.